The standard InChI is InChI=1S/C21H21N3O3S/c25-20(13-22-21-17-7-3-4-8-19(17)28(26,27)23-21)24(15-10-11-15)18-12-9-14-5-1-2-6-16(14)18/h1-8,15,18H,9-13H2,(H,22,23). The normalized spacial score (nSPS) is 23.1. The van der Waals surface area contributed by atoms with E-state index >= 15 is 0 Å². The molecule has 1 heterocycles. The zero-order valence-corrected chi connectivity index (χ0v) is 16.2. The predicted octanol–water partition coefficient (Wildman–Crippen LogP) is 2.40. The molecule has 1 fully saturated rings. The summed E-state index contributed by atoms with van der Waals surface area (Å²) in [7, 11) is -3.59. The minimum Gasteiger partial charge on any atom is -0.331 e. The maximum Gasteiger partial charge on any atom is 0.263 e. The van der Waals surface area contributed by atoms with E-state index in [4.69, 9.17) is 0 Å². The van der Waals surface area contributed by atoms with Crippen LogP contribution in [-0.4, -0.2) is 37.6 Å². The highest BCUT2D eigenvalue weighted by molar-refractivity contribution is 7.90. The van der Waals surface area contributed by atoms with Gasteiger partial charge in [-0.25, -0.2) is 8.42 Å². The summed E-state index contributed by atoms with van der Waals surface area (Å²) in [5.74, 6) is 0.215. The number of hydrogen-bond donors (Lipinski definition) is 1. The minimum absolute atomic E-state index is 0.0414. The second kappa shape index (κ2) is 6.44. The molecule has 1 amide bonds. The number of amides is 1. The van der Waals surface area contributed by atoms with Gasteiger partial charge in [0.25, 0.3) is 10.0 Å². The first-order valence-electron chi connectivity index (χ1n) is 9.60. The number of hydrogen-bond acceptors (Lipinski definition) is 4. The van der Waals surface area contributed by atoms with Crippen LogP contribution in [0.5, 0.6) is 0 Å². The third-order valence-electron chi connectivity index (χ3n) is 5.70. The van der Waals surface area contributed by atoms with Gasteiger partial charge in [0.1, 0.15) is 12.4 Å². The van der Waals surface area contributed by atoms with Gasteiger partial charge < -0.3 is 4.90 Å². The Hall–Kier alpha value is -2.67. The number of nitrogens with zero attached hydrogens (tertiary/aromatic N) is 2. The maximum absolute atomic E-state index is 13.1. The molecule has 0 radical (unpaired) electrons. The average molecular weight is 395 g/mol. The van der Waals surface area contributed by atoms with Crippen molar-refractivity contribution in [2.24, 2.45) is 4.99 Å². The molecule has 1 atom stereocenters. The van der Waals surface area contributed by atoms with Crippen molar-refractivity contribution in [2.45, 2.75) is 42.7 Å². The minimum atomic E-state index is -3.59. The van der Waals surface area contributed by atoms with Crippen LogP contribution in [0.3, 0.4) is 0 Å². The summed E-state index contributed by atoms with van der Waals surface area (Å²) in [5, 5.41) is 0. The average Bonchev–Trinajstić information content (AvgIpc) is 3.38. The van der Waals surface area contributed by atoms with E-state index in [2.05, 4.69) is 21.8 Å². The molecule has 2 aromatic carbocycles. The smallest absolute Gasteiger partial charge is 0.263 e. The van der Waals surface area contributed by atoms with Crippen molar-refractivity contribution in [2.75, 3.05) is 6.54 Å². The van der Waals surface area contributed by atoms with Gasteiger partial charge in [-0.15, -0.1) is 0 Å². The number of carbonyl (C=O) groups excluding carboxylic acids is 1. The molecule has 6 nitrogen and oxygen atoms in total. The van der Waals surface area contributed by atoms with Crippen LogP contribution in [0.4, 0.5) is 0 Å². The Labute approximate surface area is 164 Å². The van der Waals surface area contributed by atoms with Crippen molar-refractivity contribution in [3.8, 4) is 0 Å². The van der Waals surface area contributed by atoms with Crippen molar-refractivity contribution < 1.29 is 13.2 Å². The second-order valence-corrected chi connectivity index (χ2v) is 9.20. The van der Waals surface area contributed by atoms with Gasteiger partial charge in [0.05, 0.1) is 10.9 Å². The van der Waals surface area contributed by atoms with Crippen LogP contribution in [0.25, 0.3) is 0 Å². The largest absolute Gasteiger partial charge is 0.331 e. The molecular weight excluding hydrogens is 374 g/mol. The highest BCUT2D eigenvalue weighted by atomic mass is 32.2. The molecule has 5 rings (SSSR count). The van der Waals surface area contributed by atoms with Gasteiger partial charge in [-0.1, -0.05) is 36.4 Å². The lowest BCUT2D eigenvalue weighted by Gasteiger charge is -2.29. The topological polar surface area (TPSA) is 78.8 Å². The highest BCUT2D eigenvalue weighted by Crippen LogP contribution is 2.41. The summed E-state index contributed by atoms with van der Waals surface area (Å²) in [4.78, 5) is 19.7. The third kappa shape index (κ3) is 2.90. The first-order valence-corrected chi connectivity index (χ1v) is 11.1. The van der Waals surface area contributed by atoms with Gasteiger partial charge in [0.15, 0.2) is 0 Å². The van der Waals surface area contributed by atoms with Crippen LogP contribution in [0, 0.1) is 0 Å². The summed E-state index contributed by atoms with van der Waals surface area (Å²) < 4.78 is 26.9. The number of aryl methyl sites for hydroxylation is 1. The molecule has 1 saturated carbocycles. The monoisotopic (exact) mass is 395 g/mol. The Kier molecular flexibility index (Phi) is 4.01. The molecule has 3 aliphatic rings. The zero-order chi connectivity index (χ0) is 19.3. The number of amidine groups is 1. The van der Waals surface area contributed by atoms with Gasteiger partial charge in [-0.2, -0.15) is 0 Å². The Balaban J connectivity index is 1.40. The zero-order valence-electron chi connectivity index (χ0n) is 15.3. The number of sulfonamides is 1. The first-order chi connectivity index (χ1) is 13.5. The number of rotatable bonds is 4. The fourth-order valence-electron chi connectivity index (χ4n) is 4.29. The van der Waals surface area contributed by atoms with Gasteiger partial charge >= 0.3 is 0 Å². The van der Waals surface area contributed by atoms with Crippen LogP contribution >= 0.6 is 0 Å². The number of nitrogens with one attached hydrogen (secondary N) is 1. The van der Waals surface area contributed by atoms with Crippen molar-refractivity contribution >= 4 is 21.8 Å². The van der Waals surface area contributed by atoms with E-state index in [9.17, 15) is 13.2 Å². The Bertz CT molecular complexity index is 1090. The van der Waals surface area contributed by atoms with E-state index in [1.54, 1.807) is 24.3 Å². The van der Waals surface area contributed by atoms with Gasteiger partial charge in [-0.3, -0.25) is 14.5 Å². The Morgan fingerprint density at radius 3 is 2.64 bits per heavy atom. The van der Waals surface area contributed by atoms with Crippen LogP contribution in [0.2, 0.25) is 0 Å². The lowest BCUT2D eigenvalue weighted by Crippen LogP contribution is -2.38. The predicted molar refractivity (Wildman–Crippen MR) is 106 cm³/mol. The summed E-state index contributed by atoms with van der Waals surface area (Å²) >= 11 is 0. The summed E-state index contributed by atoms with van der Waals surface area (Å²) in [6, 6.07) is 15.4. The molecule has 7 heteroatoms. The molecule has 2 aliphatic carbocycles. The quantitative estimate of drug-likeness (QED) is 0.863. The summed E-state index contributed by atoms with van der Waals surface area (Å²) in [5.41, 5.74) is 3.08. The third-order valence-corrected chi connectivity index (χ3v) is 7.10. The molecule has 1 unspecified atom stereocenters. The summed E-state index contributed by atoms with van der Waals surface area (Å²) in [6.45, 7) is -0.0542. The van der Waals surface area contributed by atoms with E-state index in [1.807, 2.05) is 17.0 Å². The van der Waals surface area contributed by atoms with E-state index in [-0.39, 0.29) is 35.3 Å². The molecule has 28 heavy (non-hydrogen) atoms. The molecular formula is C21H21N3O3S. The van der Waals surface area contributed by atoms with Crippen LogP contribution in [-0.2, 0) is 21.2 Å². The number of fused-ring (bicyclic) bond motifs is 2. The molecule has 0 spiro atoms. The molecule has 144 valence electrons. The Morgan fingerprint density at radius 2 is 1.82 bits per heavy atom. The number of aliphatic imine (C=N–C) groups is 1. The van der Waals surface area contributed by atoms with Crippen molar-refractivity contribution in [3.05, 3.63) is 65.2 Å². The lowest BCUT2D eigenvalue weighted by molar-refractivity contribution is -0.132. The van der Waals surface area contributed by atoms with Gasteiger partial charge in [-0.05, 0) is 48.9 Å². The van der Waals surface area contributed by atoms with Crippen LogP contribution in [0.1, 0.15) is 42.0 Å². The second-order valence-electron chi connectivity index (χ2n) is 7.55. The molecule has 0 saturated heterocycles. The van der Waals surface area contributed by atoms with E-state index < -0.39 is 10.0 Å². The van der Waals surface area contributed by atoms with E-state index in [0.29, 0.717) is 5.56 Å². The van der Waals surface area contributed by atoms with E-state index in [0.717, 1.165) is 25.7 Å². The number of benzene rings is 2. The lowest BCUT2D eigenvalue weighted by atomic mass is 10.1. The van der Waals surface area contributed by atoms with Gasteiger partial charge in [0, 0.05) is 11.6 Å². The SMILES string of the molecule is O=C(CN=C1NS(=O)(=O)c2ccccc21)N(C1CC1)C1CCc2ccccc21. The molecule has 2 aromatic rings. The van der Waals surface area contributed by atoms with Crippen molar-refractivity contribution in [1.29, 1.82) is 0 Å². The van der Waals surface area contributed by atoms with Gasteiger partial charge in [0.2, 0.25) is 5.91 Å². The Morgan fingerprint density at radius 1 is 1.07 bits per heavy atom. The molecule has 0 aromatic heterocycles. The van der Waals surface area contributed by atoms with E-state index in [1.165, 1.54) is 11.1 Å². The highest BCUT2D eigenvalue weighted by Gasteiger charge is 2.40. The molecule has 1 N–H and O–H groups in total. The first kappa shape index (κ1) is 17.4. The van der Waals surface area contributed by atoms with Crippen LogP contribution < -0.4 is 4.72 Å². The number of carbonyl (C=O) groups is 1. The summed E-state index contributed by atoms with van der Waals surface area (Å²) in [6.07, 6.45) is 3.97. The van der Waals surface area contributed by atoms with Crippen LogP contribution in [0.15, 0.2) is 58.4 Å². The van der Waals surface area contributed by atoms with Crippen molar-refractivity contribution in [1.82, 2.24) is 9.62 Å². The fraction of sp³-hybridized carbons (Fsp3) is 0.333. The van der Waals surface area contributed by atoms with Crippen molar-refractivity contribution in [3.63, 3.8) is 0 Å². The fourth-order valence-corrected chi connectivity index (χ4v) is 5.54. The maximum atomic E-state index is 13.1. The molecule has 1 aliphatic heterocycles. The molecule has 0 bridgehead atoms.